The fourth-order valence-electron chi connectivity index (χ4n) is 2.06. The molecule has 2 N–H and O–H groups in total. The Hall–Kier alpha value is -1.06. The first-order valence-corrected chi connectivity index (χ1v) is 5.90. The third-order valence-electron chi connectivity index (χ3n) is 2.99. The average Bonchev–Trinajstić information content (AvgIpc) is 2.30. The van der Waals surface area contributed by atoms with Crippen LogP contribution in [0.4, 0.5) is 5.69 Å². The Bertz CT molecular complexity index is 326. The summed E-state index contributed by atoms with van der Waals surface area (Å²) in [4.78, 5) is 0. The lowest BCUT2D eigenvalue weighted by atomic mass is 10.1. The molecule has 0 radical (unpaired) electrons. The first kappa shape index (κ1) is 11.4. The minimum Gasteiger partial charge on any atom is -0.382 e. The summed E-state index contributed by atoms with van der Waals surface area (Å²) in [6, 6.07) is 6.36. The van der Waals surface area contributed by atoms with Gasteiger partial charge in [-0.2, -0.15) is 0 Å². The topological polar surface area (TPSA) is 33.3 Å². The van der Waals surface area contributed by atoms with Crippen LogP contribution in [-0.4, -0.2) is 32.3 Å². The second-order valence-corrected chi connectivity index (χ2v) is 4.34. The normalized spacial score (nSPS) is 20.8. The van der Waals surface area contributed by atoms with E-state index in [0.29, 0.717) is 0 Å². The van der Waals surface area contributed by atoms with Crippen LogP contribution < -0.4 is 10.6 Å². The molecule has 1 fully saturated rings. The molecular weight excluding hydrogens is 200 g/mol. The van der Waals surface area contributed by atoms with Crippen LogP contribution in [0, 0.1) is 13.8 Å². The van der Waals surface area contributed by atoms with Crippen LogP contribution >= 0.6 is 0 Å². The molecule has 0 aromatic heterocycles. The molecule has 0 aliphatic carbocycles. The molecule has 16 heavy (non-hydrogen) atoms. The van der Waals surface area contributed by atoms with E-state index in [0.717, 1.165) is 26.2 Å². The summed E-state index contributed by atoms with van der Waals surface area (Å²) in [5, 5.41) is 6.82. The molecule has 1 aliphatic heterocycles. The zero-order chi connectivity index (χ0) is 11.4. The van der Waals surface area contributed by atoms with Crippen molar-refractivity contribution in [3.63, 3.8) is 0 Å². The number of hydrogen-bond acceptors (Lipinski definition) is 3. The maximum Gasteiger partial charge on any atom is 0.0872 e. The standard InChI is InChI=1S/C13H20N2O/c1-10-4-3-5-11(2)13(10)15-9-12-8-14-6-7-16-12/h3-5,12,14-15H,6-9H2,1-2H3. The Balaban J connectivity index is 1.93. The van der Waals surface area contributed by atoms with Gasteiger partial charge in [0, 0.05) is 25.3 Å². The van der Waals surface area contributed by atoms with Crippen molar-refractivity contribution in [3.8, 4) is 0 Å². The van der Waals surface area contributed by atoms with E-state index in [9.17, 15) is 0 Å². The molecule has 0 bridgehead atoms. The predicted molar refractivity (Wildman–Crippen MR) is 67.0 cm³/mol. The van der Waals surface area contributed by atoms with Crippen LogP contribution in [0.1, 0.15) is 11.1 Å². The lowest BCUT2D eigenvalue weighted by molar-refractivity contribution is 0.0372. The zero-order valence-corrected chi connectivity index (χ0v) is 10.0. The lowest BCUT2D eigenvalue weighted by Gasteiger charge is -2.25. The van der Waals surface area contributed by atoms with E-state index in [1.807, 2.05) is 0 Å². The van der Waals surface area contributed by atoms with E-state index in [1.165, 1.54) is 16.8 Å². The van der Waals surface area contributed by atoms with Crippen LogP contribution in [-0.2, 0) is 4.74 Å². The Morgan fingerprint density at radius 1 is 1.38 bits per heavy atom. The largest absolute Gasteiger partial charge is 0.382 e. The van der Waals surface area contributed by atoms with Gasteiger partial charge in [0.1, 0.15) is 0 Å². The van der Waals surface area contributed by atoms with Crippen molar-refractivity contribution < 1.29 is 4.74 Å². The van der Waals surface area contributed by atoms with Gasteiger partial charge in [0.05, 0.1) is 12.7 Å². The molecule has 0 amide bonds. The number of morpholine rings is 1. The Labute approximate surface area is 97.2 Å². The molecule has 1 heterocycles. The fraction of sp³-hybridized carbons (Fsp3) is 0.538. The number of nitrogens with one attached hydrogen (secondary N) is 2. The second-order valence-electron chi connectivity index (χ2n) is 4.34. The van der Waals surface area contributed by atoms with Crippen LogP contribution in [0.3, 0.4) is 0 Å². The van der Waals surface area contributed by atoms with Gasteiger partial charge in [0.25, 0.3) is 0 Å². The third-order valence-corrected chi connectivity index (χ3v) is 2.99. The number of ether oxygens (including phenoxy) is 1. The summed E-state index contributed by atoms with van der Waals surface area (Å²) in [6.07, 6.45) is 0.285. The van der Waals surface area contributed by atoms with Gasteiger partial charge in [-0.15, -0.1) is 0 Å². The molecule has 1 aromatic rings. The number of hydrogen-bond donors (Lipinski definition) is 2. The number of aryl methyl sites for hydroxylation is 2. The molecule has 0 saturated carbocycles. The van der Waals surface area contributed by atoms with Gasteiger partial charge in [-0.3, -0.25) is 0 Å². The molecule has 1 aromatic carbocycles. The van der Waals surface area contributed by atoms with Crippen molar-refractivity contribution in [1.29, 1.82) is 0 Å². The average molecular weight is 220 g/mol. The second kappa shape index (κ2) is 5.32. The lowest BCUT2D eigenvalue weighted by Crippen LogP contribution is -2.42. The van der Waals surface area contributed by atoms with Gasteiger partial charge >= 0.3 is 0 Å². The molecule has 3 nitrogen and oxygen atoms in total. The summed E-state index contributed by atoms with van der Waals surface area (Å²) in [6.45, 7) is 7.88. The van der Waals surface area contributed by atoms with Crippen LogP contribution in [0.2, 0.25) is 0 Å². The Kier molecular flexibility index (Phi) is 3.80. The highest BCUT2D eigenvalue weighted by Crippen LogP contribution is 2.19. The summed E-state index contributed by atoms with van der Waals surface area (Å²) >= 11 is 0. The van der Waals surface area contributed by atoms with Gasteiger partial charge in [0.2, 0.25) is 0 Å². The molecule has 88 valence electrons. The smallest absolute Gasteiger partial charge is 0.0872 e. The predicted octanol–water partition coefficient (Wildman–Crippen LogP) is 1.70. The molecule has 0 spiro atoms. The number of rotatable bonds is 3. The highest BCUT2D eigenvalue weighted by atomic mass is 16.5. The maximum atomic E-state index is 5.65. The molecule has 2 rings (SSSR count). The van der Waals surface area contributed by atoms with E-state index in [2.05, 4.69) is 42.7 Å². The van der Waals surface area contributed by atoms with Gasteiger partial charge in [-0.25, -0.2) is 0 Å². The van der Waals surface area contributed by atoms with Gasteiger partial charge in [-0.05, 0) is 25.0 Å². The highest BCUT2D eigenvalue weighted by Gasteiger charge is 2.13. The number of anilines is 1. The van der Waals surface area contributed by atoms with Crippen LogP contribution in [0.5, 0.6) is 0 Å². The summed E-state index contributed by atoms with van der Waals surface area (Å²) < 4.78 is 5.65. The Morgan fingerprint density at radius 2 is 2.12 bits per heavy atom. The van der Waals surface area contributed by atoms with Crippen LogP contribution in [0.25, 0.3) is 0 Å². The minimum atomic E-state index is 0.285. The SMILES string of the molecule is Cc1cccc(C)c1NCC1CNCCO1. The van der Waals surface area contributed by atoms with Gasteiger partial charge in [0.15, 0.2) is 0 Å². The van der Waals surface area contributed by atoms with Crippen LogP contribution in [0.15, 0.2) is 18.2 Å². The maximum absolute atomic E-state index is 5.65. The molecule has 1 atom stereocenters. The van der Waals surface area contributed by atoms with E-state index in [-0.39, 0.29) is 6.10 Å². The van der Waals surface area contributed by atoms with Crippen molar-refractivity contribution in [2.75, 3.05) is 31.6 Å². The van der Waals surface area contributed by atoms with Crippen molar-refractivity contribution in [3.05, 3.63) is 29.3 Å². The fourth-order valence-corrected chi connectivity index (χ4v) is 2.06. The minimum absolute atomic E-state index is 0.285. The third kappa shape index (κ3) is 2.74. The zero-order valence-electron chi connectivity index (χ0n) is 10.0. The van der Waals surface area contributed by atoms with Crippen molar-refractivity contribution >= 4 is 5.69 Å². The van der Waals surface area contributed by atoms with E-state index in [1.54, 1.807) is 0 Å². The Morgan fingerprint density at radius 3 is 2.75 bits per heavy atom. The molecule has 3 heteroatoms. The van der Waals surface area contributed by atoms with Crippen molar-refractivity contribution in [2.24, 2.45) is 0 Å². The molecule has 1 unspecified atom stereocenters. The first-order valence-electron chi connectivity index (χ1n) is 5.90. The van der Waals surface area contributed by atoms with Gasteiger partial charge < -0.3 is 15.4 Å². The first-order chi connectivity index (χ1) is 7.77. The van der Waals surface area contributed by atoms with E-state index < -0.39 is 0 Å². The quantitative estimate of drug-likeness (QED) is 0.813. The number of para-hydroxylation sites is 1. The van der Waals surface area contributed by atoms with Crippen molar-refractivity contribution in [2.45, 2.75) is 20.0 Å². The van der Waals surface area contributed by atoms with Crippen molar-refractivity contribution in [1.82, 2.24) is 5.32 Å². The molecule has 1 aliphatic rings. The summed E-state index contributed by atoms with van der Waals surface area (Å²) in [5.41, 5.74) is 3.84. The number of benzene rings is 1. The van der Waals surface area contributed by atoms with E-state index in [4.69, 9.17) is 4.74 Å². The molecule has 1 saturated heterocycles. The summed E-state index contributed by atoms with van der Waals surface area (Å²) in [5.74, 6) is 0. The molecular formula is C13H20N2O. The summed E-state index contributed by atoms with van der Waals surface area (Å²) in [7, 11) is 0. The monoisotopic (exact) mass is 220 g/mol. The highest BCUT2D eigenvalue weighted by molar-refractivity contribution is 5.56. The van der Waals surface area contributed by atoms with Gasteiger partial charge in [-0.1, -0.05) is 18.2 Å². The van der Waals surface area contributed by atoms with E-state index >= 15 is 0 Å².